The Morgan fingerprint density at radius 1 is 1.20 bits per heavy atom. The van der Waals surface area contributed by atoms with Gasteiger partial charge in [0, 0.05) is 17.7 Å². The van der Waals surface area contributed by atoms with Gasteiger partial charge < -0.3 is 5.32 Å². The largest absolute Gasteiger partial charge is 0.310 e. The minimum atomic E-state index is -0.338. The van der Waals surface area contributed by atoms with Crippen molar-refractivity contribution >= 4 is 23.5 Å². The highest BCUT2D eigenvalue weighted by atomic mass is 32.2. The molecule has 0 aliphatic heterocycles. The number of H-pyrrole nitrogens is 1. The Morgan fingerprint density at radius 2 is 1.96 bits per heavy atom. The van der Waals surface area contributed by atoms with Gasteiger partial charge in [0.25, 0.3) is 0 Å². The molecule has 2 aromatic heterocycles. The van der Waals surface area contributed by atoms with Crippen LogP contribution in [-0.4, -0.2) is 36.1 Å². The van der Waals surface area contributed by atoms with Crippen LogP contribution >= 0.6 is 11.8 Å². The fourth-order valence-corrected chi connectivity index (χ4v) is 3.01. The van der Waals surface area contributed by atoms with Gasteiger partial charge in [-0.25, -0.2) is 9.67 Å². The van der Waals surface area contributed by atoms with Crippen LogP contribution in [0, 0.1) is 0 Å². The predicted octanol–water partition coefficient (Wildman–Crippen LogP) is 3.37. The molecule has 0 bridgehead atoms. The number of hydrogen-bond acceptors (Lipinski definition) is 5. The van der Waals surface area contributed by atoms with E-state index in [1.54, 1.807) is 16.9 Å². The Labute approximate surface area is 150 Å². The van der Waals surface area contributed by atoms with Crippen LogP contribution < -0.4 is 5.32 Å². The van der Waals surface area contributed by atoms with E-state index < -0.39 is 0 Å². The first-order valence-electron chi connectivity index (χ1n) is 8.03. The molecule has 0 saturated carbocycles. The molecule has 0 aliphatic rings. The van der Waals surface area contributed by atoms with Crippen molar-refractivity contribution < 1.29 is 4.79 Å². The zero-order valence-electron chi connectivity index (χ0n) is 14.3. The molecule has 0 saturated heterocycles. The summed E-state index contributed by atoms with van der Waals surface area (Å²) in [6.07, 6.45) is 1.68. The first-order valence-corrected chi connectivity index (χ1v) is 8.91. The maximum atomic E-state index is 12.4. The van der Waals surface area contributed by atoms with Gasteiger partial charge in [0.1, 0.15) is 5.82 Å². The number of nitrogens with zero attached hydrogens (tertiary/aromatic N) is 4. The van der Waals surface area contributed by atoms with Crippen molar-refractivity contribution in [3.05, 3.63) is 42.6 Å². The van der Waals surface area contributed by atoms with Gasteiger partial charge in [0.15, 0.2) is 5.82 Å². The molecular formula is C17H20N6OS. The highest BCUT2D eigenvalue weighted by molar-refractivity contribution is 8.00. The number of nitrogens with one attached hydrogen (secondary N) is 2. The van der Waals surface area contributed by atoms with E-state index in [1.807, 2.05) is 51.1 Å². The van der Waals surface area contributed by atoms with Crippen molar-refractivity contribution in [2.45, 2.75) is 37.2 Å². The molecule has 130 valence electrons. The molecule has 7 nitrogen and oxygen atoms in total. The van der Waals surface area contributed by atoms with Crippen LogP contribution in [0.15, 0.2) is 47.8 Å². The molecular weight excluding hydrogens is 336 g/mol. The summed E-state index contributed by atoms with van der Waals surface area (Å²) >= 11 is 1.31. The summed E-state index contributed by atoms with van der Waals surface area (Å²) < 4.78 is 1.77. The van der Waals surface area contributed by atoms with Gasteiger partial charge in [0.05, 0.1) is 11.4 Å². The number of aromatic nitrogens is 5. The van der Waals surface area contributed by atoms with Crippen molar-refractivity contribution in [2.75, 3.05) is 5.32 Å². The van der Waals surface area contributed by atoms with Gasteiger partial charge in [-0.1, -0.05) is 42.1 Å². The minimum Gasteiger partial charge on any atom is -0.310 e. The van der Waals surface area contributed by atoms with E-state index in [4.69, 9.17) is 0 Å². The Bertz CT molecular complexity index is 842. The second-order valence-corrected chi connectivity index (χ2v) is 7.14. The molecule has 2 heterocycles. The third-order valence-corrected chi connectivity index (χ3v) is 4.54. The first-order chi connectivity index (χ1) is 12.0. The van der Waals surface area contributed by atoms with Crippen molar-refractivity contribution in [1.82, 2.24) is 25.0 Å². The summed E-state index contributed by atoms with van der Waals surface area (Å²) in [5.41, 5.74) is 0.958. The molecule has 25 heavy (non-hydrogen) atoms. The number of aromatic amines is 1. The van der Waals surface area contributed by atoms with Crippen molar-refractivity contribution in [3.8, 4) is 11.4 Å². The van der Waals surface area contributed by atoms with E-state index >= 15 is 0 Å². The number of amides is 1. The van der Waals surface area contributed by atoms with Gasteiger partial charge in [-0.15, -0.1) is 5.10 Å². The van der Waals surface area contributed by atoms with Crippen molar-refractivity contribution in [3.63, 3.8) is 0 Å². The van der Waals surface area contributed by atoms with Crippen LogP contribution in [-0.2, 0) is 4.79 Å². The lowest BCUT2D eigenvalue weighted by atomic mass is 10.2. The molecule has 0 aliphatic carbocycles. The van der Waals surface area contributed by atoms with E-state index in [-0.39, 0.29) is 17.2 Å². The van der Waals surface area contributed by atoms with Gasteiger partial charge in [-0.2, -0.15) is 5.10 Å². The molecule has 8 heteroatoms. The summed E-state index contributed by atoms with van der Waals surface area (Å²) in [5, 5.41) is 14.4. The summed E-state index contributed by atoms with van der Waals surface area (Å²) in [4.78, 5) is 16.9. The zero-order chi connectivity index (χ0) is 17.8. The van der Waals surface area contributed by atoms with Gasteiger partial charge in [0.2, 0.25) is 11.1 Å². The maximum absolute atomic E-state index is 12.4. The molecule has 0 fully saturated rings. The second-order valence-electron chi connectivity index (χ2n) is 5.84. The normalized spacial score (nSPS) is 12.3. The minimum absolute atomic E-state index is 0.113. The van der Waals surface area contributed by atoms with Crippen LogP contribution in [0.1, 0.15) is 26.8 Å². The summed E-state index contributed by atoms with van der Waals surface area (Å²) in [6.45, 7) is 5.85. The molecule has 3 aromatic rings. The Morgan fingerprint density at radius 3 is 2.68 bits per heavy atom. The SMILES string of the molecule is CC(C)n1nccc1NC(=O)[C@H](C)Sc1n[nH]c(-c2ccccc2)n1. The lowest BCUT2D eigenvalue weighted by Gasteiger charge is -2.14. The fraction of sp³-hybridized carbons (Fsp3) is 0.294. The van der Waals surface area contributed by atoms with E-state index in [9.17, 15) is 4.79 Å². The third-order valence-electron chi connectivity index (χ3n) is 3.57. The van der Waals surface area contributed by atoms with Crippen molar-refractivity contribution in [1.29, 1.82) is 0 Å². The fourth-order valence-electron chi connectivity index (χ4n) is 2.29. The van der Waals surface area contributed by atoms with Gasteiger partial charge in [-0.3, -0.25) is 9.89 Å². The molecule has 0 spiro atoms. The Kier molecular flexibility index (Phi) is 5.18. The average molecular weight is 356 g/mol. The number of thioether (sulfide) groups is 1. The van der Waals surface area contributed by atoms with Crippen LogP contribution in [0.3, 0.4) is 0 Å². The van der Waals surface area contributed by atoms with Crippen LogP contribution in [0.5, 0.6) is 0 Å². The number of benzene rings is 1. The maximum Gasteiger partial charge on any atom is 0.238 e. The molecule has 3 rings (SSSR count). The Hall–Kier alpha value is -2.61. The van der Waals surface area contributed by atoms with Gasteiger partial charge in [-0.05, 0) is 20.8 Å². The predicted molar refractivity (Wildman–Crippen MR) is 98.4 cm³/mol. The highest BCUT2D eigenvalue weighted by Crippen LogP contribution is 2.23. The molecule has 0 unspecified atom stereocenters. The summed E-state index contributed by atoms with van der Waals surface area (Å²) in [6, 6.07) is 11.7. The molecule has 1 atom stereocenters. The Balaban J connectivity index is 1.64. The summed E-state index contributed by atoms with van der Waals surface area (Å²) in [5.74, 6) is 1.26. The van der Waals surface area contributed by atoms with E-state index in [0.29, 0.717) is 16.8 Å². The lowest BCUT2D eigenvalue weighted by molar-refractivity contribution is -0.115. The molecule has 1 amide bonds. The van der Waals surface area contributed by atoms with Crippen LogP contribution in [0.25, 0.3) is 11.4 Å². The van der Waals surface area contributed by atoms with Crippen molar-refractivity contribution in [2.24, 2.45) is 0 Å². The molecule has 2 N–H and O–H groups in total. The van der Waals surface area contributed by atoms with Crippen LogP contribution in [0.2, 0.25) is 0 Å². The molecule has 0 radical (unpaired) electrons. The topological polar surface area (TPSA) is 88.5 Å². The van der Waals surface area contributed by atoms with Crippen LogP contribution in [0.4, 0.5) is 5.82 Å². The summed E-state index contributed by atoms with van der Waals surface area (Å²) in [7, 11) is 0. The number of carbonyl (C=O) groups excluding carboxylic acids is 1. The lowest BCUT2D eigenvalue weighted by Crippen LogP contribution is -2.24. The van der Waals surface area contributed by atoms with E-state index in [1.165, 1.54) is 11.8 Å². The highest BCUT2D eigenvalue weighted by Gasteiger charge is 2.19. The zero-order valence-corrected chi connectivity index (χ0v) is 15.1. The van der Waals surface area contributed by atoms with E-state index in [0.717, 1.165) is 5.56 Å². The number of carbonyl (C=O) groups is 1. The number of anilines is 1. The number of hydrogen-bond donors (Lipinski definition) is 2. The standard InChI is InChI=1S/C17H20N6OS/c1-11(2)23-14(9-10-18-23)19-16(24)12(3)25-17-20-15(21-22-17)13-7-5-4-6-8-13/h4-12H,1-3H3,(H,19,24)(H,20,21,22)/t12-/m0/s1. The molecule has 1 aromatic carbocycles. The average Bonchev–Trinajstić information content (AvgIpc) is 3.25. The monoisotopic (exact) mass is 356 g/mol. The first kappa shape index (κ1) is 17.2. The van der Waals surface area contributed by atoms with E-state index in [2.05, 4.69) is 25.6 Å². The van der Waals surface area contributed by atoms with Gasteiger partial charge >= 0.3 is 0 Å². The second kappa shape index (κ2) is 7.52. The quantitative estimate of drug-likeness (QED) is 0.661. The smallest absolute Gasteiger partial charge is 0.238 e. The number of rotatable bonds is 6. The third kappa shape index (κ3) is 4.08.